The van der Waals surface area contributed by atoms with Crippen LogP contribution in [0, 0.1) is 0 Å². The maximum atomic E-state index is 13.0. The van der Waals surface area contributed by atoms with Crippen molar-refractivity contribution in [1.82, 2.24) is 19.9 Å². The van der Waals surface area contributed by atoms with E-state index in [1.54, 1.807) is 19.5 Å². The normalized spacial score (nSPS) is 18.9. The number of likely N-dealkylation sites (tertiary alicyclic amines) is 1. The van der Waals surface area contributed by atoms with Crippen molar-refractivity contribution in [2.45, 2.75) is 44.2 Å². The molecule has 30 heavy (non-hydrogen) atoms. The van der Waals surface area contributed by atoms with Crippen molar-refractivity contribution < 1.29 is 9.53 Å². The molecule has 7 nitrogen and oxygen atoms in total. The number of H-pyrrole nitrogens is 1. The average molecular weight is 406 g/mol. The summed E-state index contributed by atoms with van der Waals surface area (Å²) >= 11 is 0. The molecule has 2 aliphatic rings. The monoisotopic (exact) mass is 405 g/mol. The molecule has 0 bridgehead atoms. The van der Waals surface area contributed by atoms with Crippen LogP contribution in [0.1, 0.15) is 37.7 Å². The van der Waals surface area contributed by atoms with Gasteiger partial charge in [-0.25, -0.2) is 0 Å². The van der Waals surface area contributed by atoms with E-state index in [0.717, 1.165) is 50.1 Å². The Morgan fingerprint density at radius 3 is 2.83 bits per heavy atom. The number of rotatable bonds is 4. The predicted molar refractivity (Wildman–Crippen MR) is 115 cm³/mol. The van der Waals surface area contributed by atoms with Crippen molar-refractivity contribution in [1.29, 1.82) is 0 Å². The molecule has 7 heteroatoms. The number of methoxy groups -OCH3 is 1. The van der Waals surface area contributed by atoms with Crippen LogP contribution in [-0.4, -0.2) is 51.5 Å². The van der Waals surface area contributed by atoms with Gasteiger partial charge < -0.3 is 19.5 Å². The Hall–Kier alpha value is -3.09. The van der Waals surface area contributed by atoms with Crippen molar-refractivity contribution in [3.05, 3.63) is 48.4 Å². The molecule has 3 aromatic rings. The zero-order valence-electron chi connectivity index (χ0n) is 17.3. The number of para-hydroxylation sites is 1. The third-order valence-corrected chi connectivity index (χ3v) is 6.74. The number of anilines is 1. The molecule has 1 amide bonds. The fraction of sp³-hybridized carbons (Fsp3) is 0.435. The Bertz CT molecular complexity index is 1050. The Labute approximate surface area is 176 Å². The second-order valence-electron chi connectivity index (χ2n) is 8.32. The Balaban J connectivity index is 1.37. The first-order valence-corrected chi connectivity index (χ1v) is 10.6. The first-order valence-electron chi connectivity index (χ1n) is 10.6. The molecule has 1 spiro atoms. The van der Waals surface area contributed by atoms with E-state index in [9.17, 15) is 4.79 Å². The third-order valence-electron chi connectivity index (χ3n) is 6.74. The smallest absolute Gasteiger partial charge is 0.233 e. The van der Waals surface area contributed by atoms with Gasteiger partial charge >= 0.3 is 0 Å². The minimum Gasteiger partial charge on any atom is -0.480 e. The van der Waals surface area contributed by atoms with Gasteiger partial charge in [-0.1, -0.05) is 18.2 Å². The van der Waals surface area contributed by atoms with Crippen LogP contribution in [0.2, 0.25) is 0 Å². The van der Waals surface area contributed by atoms with Gasteiger partial charge in [0.2, 0.25) is 11.8 Å². The fourth-order valence-corrected chi connectivity index (χ4v) is 5.05. The number of aromatic nitrogens is 3. The van der Waals surface area contributed by atoms with E-state index in [4.69, 9.17) is 4.74 Å². The van der Waals surface area contributed by atoms with E-state index in [2.05, 4.69) is 49.1 Å². The van der Waals surface area contributed by atoms with Gasteiger partial charge in [0, 0.05) is 48.7 Å². The number of aromatic amines is 1. The quantitative estimate of drug-likeness (QED) is 0.719. The molecule has 156 valence electrons. The van der Waals surface area contributed by atoms with Crippen molar-refractivity contribution in [2.75, 3.05) is 25.1 Å². The molecule has 1 aromatic carbocycles. The molecule has 0 aliphatic carbocycles. The van der Waals surface area contributed by atoms with Gasteiger partial charge in [0.25, 0.3) is 0 Å². The number of piperidine rings is 2. The number of ether oxygens (including phenoxy) is 1. The van der Waals surface area contributed by atoms with E-state index < -0.39 is 0 Å². The molecule has 0 atom stereocenters. The summed E-state index contributed by atoms with van der Waals surface area (Å²) in [5.41, 5.74) is 2.25. The second kappa shape index (κ2) is 7.63. The van der Waals surface area contributed by atoms with Gasteiger partial charge in [0.05, 0.1) is 19.5 Å². The largest absolute Gasteiger partial charge is 0.480 e. The first kappa shape index (κ1) is 18.9. The number of nitrogens with zero attached hydrogens (tertiary/aromatic N) is 4. The number of amides is 1. The lowest BCUT2D eigenvalue weighted by molar-refractivity contribution is -0.144. The maximum Gasteiger partial charge on any atom is 0.233 e. The first-order chi connectivity index (χ1) is 14.7. The van der Waals surface area contributed by atoms with Crippen LogP contribution in [-0.2, 0) is 11.3 Å². The predicted octanol–water partition coefficient (Wildman–Crippen LogP) is 3.52. The topological polar surface area (TPSA) is 74.3 Å². The SMILES string of the molecule is COc1cncc(N2CCC3(CCCC(=O)N3Cc3c[nH]c4ccccc34)CC2)n1. The van der Waals surface area contributed by atoms with E-state index in [1.165, 1.54) is 10.9 Å². The van der Waals surface area contributed by atoms with E-state index >= 15 is 0 Å². The highest BCUT2D eigenvalue weighted by Crippen LogP contribution is 2.40. The van der Waals surface area contributed by atoms with Crippen LogP contribution in [0.5, 0.6) is 5.88 Å². The number of fused-ring (bicyclic) bond motifs is 1. The van der Waals surface area contributed by atoms with Crippen LogP contribution in [0.4, 0.5) is 5.82 Å². The number of benzene rings is 1. The van der Waals surface area contributed by atoms with Gasteiger partial charge in [-0.15, -0.1) is 0 Å². The maximum absolute atomic E-state index is 13.0. The van der Waals surface area contributed by atoms with Crippen LogP contribution >= 0.6 is 0 Å². The Morgan fingerprint density at radius 2 is 2.00 bits per heavy atom. The molecule has 0 radical (unpaired) electrons. The molecule has 5 rings (SSSR count). The third kappa shape index (κ3) is 3.28. The van der Waals surface area contributed by atoms with Gasteiger partial charge in [0.15, 0.2) is 5.82 Å². The summed E-state index contributed by atoms with van der Waals surface area (Å²) in [5.74, 6) is 1.65. The molecule has 2 saturated heterocycles. The number of carbonyl (C=O) groups excluding carboxylic acids is 1. The highest BCUT2D eigenvalue weighted by Gasteiger charge is 2.44. The molecule has 2 aromatic heterocycles. The minimum atomic E-state index is -0.0729. The summed E-state index contributed by atoms with van der Waals surface area (Å²) in [5, 5.41) is 1.20. The zero-order chi connectivity index (χ0) is 20.6. The summed E-state index contributed by atoms with van der Waals surface area (Å²) in [6.45, 7) is 2.39. The number of hydrogen-bond donors (Lipinski definition) is 1. The highest BCUT2D eigenvalue weighted by atomic mass is 16.5. The zero-order valence-corrected chi connectivity index (χ0v) is 17.3. The van der Waals surface area contributed by atoms with Crippen LogP contribution in [0.3, 0.4) is 0 Å². The van der Waals surface area contributed by atoms with Gasteiger partial charge in [0.1, 0.15) is 0 Å². The molecular weight excluding hydrogens is 378 g/mol. The van der Waals surface area contributed by atoms with Gasteiger partial charge in [-0.2, -0.15) is 4.98 Å². The lowest BCUT2D eigenvalue weighted by Crippen LogP contribution is -2.59. The van der Waals surface area contributed by atoms with Crippen molar-refractivity contribution >= 4 is 22.6 Å². The molecular formula is C23H27N5O2. The van der Waals surface area contributed by atoms with Gasteiger partial charge in [-0.05, 0) is 37.3 Å². The summed E-state index contributed by atoms with van der Waals surface area (Å²) in [7, 11) is 1.61. The highest BCUT2D eigenvalue weighted by molar-refractivity contribution is 5.84. The molecule has 0 unspecified atom stereocenters. The van der Waals surface area contributed by atoms with E-state index in [1.807, 2.05) is 6.07 Å². The Morgan fingerprint density at radius 1 is 1.17 bits per heavy atom. The average Bonchev–Trinajstić information content (AvgIpc) is 3.20. The van der Waals surface area contributed by atoms with Crippen molar-refractivity contribution in [2.24, 2.45) is 0 Å². The van der Waals surface area contributed by atoms with Crippen LogP contribution in [0.15, 0.2) is 42.9 Å². The molecule has 1 N–H and O–H groups in total. The molecule has 2 aliphatic heterocycles. The van der Waals surface area contributed by atoms with E-state index in [0.29, 0.717) is 18.8 Å². The fourth-order valence-electron chi connectivity index (χ4n) is 5.05. The Kier molecular flexibility index (Phi) is 4.81. The van der Waals surface area contributed by atoms with Crippen LogP contribution in [0.25, 0.3) is 10.9 Å². The van der Waals surface area contributed by atoms with Crippen molar-refractivity contribution in [3.8, 4) is 5.88 Å². The summed E-state index contributed by atoms with van der Waals surface area (Å²) < 4.78 is 5.22. The van der Waals surface area contributed by atoms with Gasteiger partial charge in [-0.3, -0.25) is 9.78 Å². The number of nitrogens with one attached hydrogen (secondary N) is 1. The molecule has 4 heterocycles. The second-order valence-corrected chi connectivity index (χ2v) is 8.32. The number of hydrogen-bond acceptors (Lipinski definition) is 5. The lowest BCUT2D eigenvalue weighted by atomic mass is 9.78. The lowest BCUT2D eigenvalue weighted by Gasteiger charge is -2.51. The van der Waals surface area contributed by atoms with E-state index in [-0.39, 0.29) is 11.4 Å². The molecule has 0 saturated carbocycles. The number of carbonyl (C=O) groups is 1. The summed E-state index contributed by atoms with van der Waals surface area (Å²) in [4.78, 5) is 29.6. The molecule has 2 fully saturated rings. The summed E-state index contributed by atoms with van der Waals surface area (Å²) in [6, 6.07) is 8.31. The summed E-state index contributed by atoms with van der Waals surface area (Å²) in [6.07, 6.45) is 10.0. The van der Waals surface area contributed by atoms with Crippen LogP contribution < -0.4 is 9.64 Å². The standard InChI is InChI=1S/C23H27N5O2/c1-30-21-15-24-14-20(26-21)27-11-9-23(10-12-27)8-4-7-22(29)28(23)16-17-13-25-19-6-3-2-5-18(17)19/h2-3,5-6,13-15,25H,4,7-12,16H2,1H3. The van der Waals surface area contributed by atoms with Crippen molar-refractivity contribution in [3.63, 3.8) is 0 Å². The minimum absolute atomic E-state index is 0.0729.